The summed E-state index contributed by atoms with van der Waals surface area (Å²) in [5.41, 5.74) is 2.52. The van der Waals surface area contributed by atoms with E-state index in [1.54, 1.807) is 17.7 Å². The number of hydrogen-bond acceptors (Lipinski definition) is 1. The molecule has 0 saturated heterocycles. The van der Waals surface area contributed by atoms with Gasteiger partial charge in [0, 0.05) is 18.0 Å². The second-order valence-corrected chi connectivity index (χ2v) is 3.64. The molecule has 0 bridgehead atoms. The summed E-state index contributed by atoms with van der Waals surface area (Å²) in [4.78, 5) is 10.9. The highest BCUT2D eigenvalue weighted by atomic mass is 16.4. The predicted molar refractivity (Wildman–Crippen MR) is 59.3 cm³/mol. The third-order valence-corrected chi connectivity index (χ3v) is 2.73. The van der Waals surface area contributed by atoms with Crippen LogP contribution in [0, 0.1) is 0 Å². The summed E-state index contributed by atoms with van der Waals surface area (Å²) in [6, 6.07) is 7.77. The Bertz CT molecular complexity index is 526. The van der Waals surface area contributed by atoms with E-state index < -0.39 is 5.97 Å². The normalized spacial score (nSPS) is 10.8. The van der Waals surface area contributed by atoms with Crippen molar-refractivity contribution in [3.05, 3.63) is 35.5 Å². The number of hydrogen-bond donors (Lipinski definition) is 1. The first-order valence-electron chi connectivity index (χ1n) is 4.95. The maximum atomic E-state index is 10.9. The molecular weight excluding hydrogens is 190 g/mol. The zero-order valence-corrected chi connectivity index (χ0v) is 8.82. The highest BCUT2D eigenvalue weighted by Crippen LogP contribution is 2.20. The Morgan fingerprint density at radius 3 is 2.73 bits per heavy atom. The van der Waals surface area contributed by atoms with Crippen molar-refractivity contribution in [2.75, 3.05) is 0 Å². The van der Waals surface area contributed by atoms with Crippen LogP contribution in [0.4, 0.5) is 0 Å². The van der Waals surface area contributed by atoms with E-state index in [-0.39, 0.29) is 0 Å². The van der Waals surface area contributed by atoms with E-state index in [4.69, 9.17) is 5.11 Å². The van der Waals surface area contributed by atoms with Crippen molar-refractivity contribution in [3.63, 3.8) is 0 Å². The number of benzene rings is 1. The highest BCUT2D eigenvalue weighted by Gasteiger charge is 2.11. The first-order valence-corrected chi connectivity index (χ1v) is 4.95. The fraction of sp³-hybridized carbons (Fsp3) is 0.250. The predicted octanol–water partition coefficient (Wildman–Crippen LogP) is 2.44. The molecule has 2 rings (SSSR count). The van der Waals surface area contributed by atoms with Crippen molar-refractivity contribution in [2.45, 2.75) is 13.3 Å². The Hall–Kier alpha value is -1.77. The number of carboxylic acids is 1. The van der Waals surface area contributed by atoms with Gasteiger partial charge < -0.3 is 9.67 Å². The third-order valence-electron chi connectivity index (χ3n) is 2.73. The fourth-order valence-corrected chi connectivity index (χ4v) is 1.82. The number of rotatable bonds is 2. The summed E-state index contributed by atoms with van der Waals surface area (Å²) in [5.74, 6) is -0.883. The number of aromatic carboxylic acids is 1. The Balaban J connectivity index is 2.70. The van der Waals surface area contributed by atoms with Gasteiger partial charge in [-0.2, -0.15) is 0 Å². The van der Waals surface area contributed by atoms with Gasteiger partial charge in [-0.25, -0.2) is 4.79 Å². The van der Waals surface area contributed by atoms with E-state index >= 15 is 0 Å². The lowest BCUT2D eigenvalue weighted by atomic mass is 10.1. The molecule has 0 aliphatic rings. The van der Waals surface area contributed by atoms with E-state index in [1.165, 1.54) is 5.56 Å². The fourth-order valence-electron chi connectivity index (χ4n) is 1.82. The van der Waals surface area contributed by atoms with Gasteiger partial charge in [-0.3, -0.25) is 0 Å². The zero-order valence-electron chi connectivity index (χ0n) is 8.82. The van der Waals surface area contributed by atoms with Crippen molar-refractivity contribution >= 4 is 16.9 Å². The largest absolute Gasteiger partial charge is 0.477 e. The summed E-state index contributed by atoms with van der Waals surface area (Å²) >= 11 is 0. The molecular formula is C12H13NO2. The minimum absolute atomic E-state index is 0.332. The summed E-state index contributed by atoms with van der Waals surface area (Å²) in [5, 5.41) is 9.97. The van der Waals surface area contributed by atoms with E-state index in [1.807, 2.05) is 18.2 Å². The number of carboxylic acid groups (broad SMARTS) is 1. The molecule has 0 spiro atoms. The monoisotopic (exact) mass is 203 g/mol. The van der Waals surface area contributed by atoms with Gasteiger partial charge in [-0.05, 0) is 30.2 Å². The highest BCUT2D eigenvalue weighted by molar-refractivity contribution is 5.94. The van der Waals surface area contributed by atoms with Crippen LogP contribution in [0.1, 0.15) is 23.0 Å². The van der Waals surface area contributed by atoms with Crippen LogP contribution in [0.25, 0.3) is 10.9 Å². The van der Waals surface area contributed by atoms with Gasteiger partial charge in [0.2, 0.25) is 0 Å². The molecule has 3 heteroatoms. The molecule has 15 heavy (non-hydrogen) atoms. The van der Waals surface area contributed by atoms with E-state index in [9.17, 15) is 4.79 Å². The minimum Gasteiger partial charge on any atom is -0.477 e. The number of nitrogens with zero attached hydrogens (tertiary/aromatic N) is 1. The third kappa shape index (κ3) is 1.50. The molecule has 0 atom stereocenters. The molecule has 1 aromatic carbocycles. The Morgan fingerprint density at radius 1 is 1.40 bits per heavy atom. The van der Waals surface area contributed by atoms with Crippen LogP contribution in [-0.2, 0) is 13.5 Å². The lowest BCUT2D eigenvalue weighted by Gasteiger charge is -2.00. The molecule has 78 valence electrons. The van der Waals surface area contributed by atoms with Crippen LogP contribution < -0.4 is 0 Å². The van der Waals surface area contributed by atoms with Crippen molar-refractivity contribution in [1.82, 2.24) is 4.57 Å². The molecule has 3 nitrogen and oxygen atoms in total. The van der Waals surface area contributed by atoms with Crippen molar-refractivity contribution in [2.24, 2.45) is 7.05 Å². The second-order valence-electron chi connectivity index (χ2n) is 3.64. The molecule has 2 aromatic rings. The quantitative estimate of drug-likeness (QED) is 0.814. The van der Waals surface area contributed by atoms with Crippen molar-refractivity contribution in [1.29, 1.82) is 0 Å². The molecule has 0 aliphatic carbocycles. The smallest absolute Gasteiger partial charge is 0.352 e. The van der Waals surface area contributed by atoms with Crippen LogP contribution in [0.5, 0.6) is 0 Å². The zero-order chi connectivity index (χ0) is 11.0. The van der Waals surface area contributed by atoms with Gasteiger partial charge in [0.25, 0.3) is 0 Å². The molecule has 0 aliphatic heterocycles. The summed E-state index contributed by atoms with van der Waals surface area (Å²) in [6.45, 7) is 2.09. The molecule has 0 unspecified atom stereocenters. The minimum atomic E-state index is -0.883. The SMILES string of the molecule is CCc1ccc2c(c1)cc(C(=O)O)n2C. The number of carbonyl (C=O) groups is 1. The molecule has 0 amide bonds. The molecule has 1 N–H and O–H groups in total. The van der Waals surface area contributed by atoms with E-state index in [0.29, 0.717) is 5.69 Å². The molecule has 0 fully saturated rings. The summed E-state index contributed by atoms with van der Waals surface area (Å²) in [6.07, 6.45) is 0.966. The van der Waals surface area contributed by atoms with Gasteiger partial charge in [0.05, 0.1) is 0 Å². The summed E-state index contributed by atoms with van der Waals surface area (Å²) in [7, 11) is 1.78. The Kier molecular flexibility index (Phi) is 2.23. The summed E-state index contributed by atoms with van der Waals surface area (Å²) < 4.78 is 1.71. The molecule has 1 heterocycles. The first kappa shape index (κ1) is 9.77. The van der Waals surface area contributed by atoms with Crippen molar-refractivity contribution < 1.29 is 9.90 Å². The Morgan fingerprint density at radius 2 is 2.13 bits per heavy atom. The van der Waals surface area contributed by atoms with Crippen LogP contribution in [0.3, 0.4) is 0 Å². The van der Waals surface area contributed by atoms with Gasteiger partial charge in [-0.1, -0.05) is 13.0 Å². The van der Waals surface area contributed by atoms with E-state index in [0.717, 1.165) is 17.3 Å². The lowest BCUT2D eigenvalue weighted by Crippen LogP contribution is -2.03. The maximum Gasteiger partial charge on any atom is 0.352 e. The van der Waals surface area contributed by atoms with E-state index in [2.05, 4.69) is 6.92 Å². The average Bonchev–Trinajstić information content (AvgIpc) is 2.55. The topological polar surface area (TPSA) is 42.2 Å². The van der Waals surface area contributed by atoms with Crippen LogP contribution >= 0.6 is 0 Å². The number of aromatic nitrogens is 1. The molecule has 1 aromatic heterocycles. The molecule has 0 radical (unpaired) electrons. The Labute approximate surface area is 87.9 Å². The maximum absolute atomic E-state index is 10.9. The molecule has 0 saturated carbocycles. The van der Waals surface area contributed by atoms with Crippen LogP contribution in [0.2, 0.25) is 0 Å². The first-order chi connectivity index (χ1) is 7.13. The van der Waals surface area contributed by atoms with Gasteiger partial charge >= 0.3 is 5.97 Å². The second kappa shape index (κ2) is 3.42. The lowest BCUT2D eigenvalue weighted by molar-refractivity contribution is 0.0687. The average molecular weight is 203 g/mol. The van der Waals surface area contributed by atoms with Crippen molar-refractivity contribution in [3.8, 4) is 0 Å². The van der Waals surface area contributed by atoms with Crippen LogP contribution in [0.15, 0.2) is 24.3 Å². The van der Waals surface area contributed by atoms with Crippen LogP contribution in [-0.4, -0.2) is 15.6 Å². The number of aryl methyl sites for hydroxylation is 2. The standard InChI is InChI=1S/C12H13NO2/c1-3-8-4-5-10-9(6-8)7-11(12(14)15)13(10)2/h4-7H,3H2,1-2H3,(H,14,15). The van der Waals surface area contributed by atoms with Gasteiger partial charge in [0.15, 0.2) is 0 Å². The van der Waals surface area contributed by atoms with Gasteiger partial charge in [-0.15, -0.1) is 0 Å². The van der Waals surface area contributed by atoms with Gasteiger partial charge in [0.1, 0.15) is 5.69 Å². The number of fused-ring (bicyclic) bond motifs is 1.